The lowest BCUT2D eigenvalue weighted by molar-refractivity contribution is 1.00. The molecule has 0 bridgehead atoms. The fourth-order valence-corrected chi connectivity index (χ4v) is 2.86. The second-order valence-corrected chi connectivity index (χ2v) is 5.32. The summed E-state index contributed by atoms with van der Waals surface area (Å²) in [6.07, 6.45) is 0. The van der Waals surface area contributed by atoms with Crippen LogP contribution in [0.2, 0.25) is 5.02 Å². The Kier molecular flexibility index (Phi) is 3.58. The molecule has 0 saturated carbocycles. The molecule has 0 spiro atoms. The molecule has 78 valence electrons. The van der Waals surface area contributed by atoms with Gasteiger partial charge >= 0.3 is 0 Å². The normalized spacial score (nSPS) is 10.5. The molecule has 1 aromatic carbocycles. The second kappa shape index (κ2) is 4.94. The van der Waals surface area contributed by atoms with Gasteiger partial charge in [-0.15, -0.1) is 10.2 Å². The van der Waals surface area contributed by atoms with E-state index in [1.807, 2.05) is 18.2 Å². The van der Waals surface area contributed by atoms with E-state index in [4.69, 9.17) is 17.3 Å². The molecule has 2 rings (SSSR count). The Morgan fingerprint density at radius 3 is 3.00 bits per heavy atom. The zero-order valence-electron chi connectivity index (χ0n) is 7.68. The molecule has 0 aliphatic carbocycles. The number of hydrogen-bond donors (Lipinski definition) is 1. The topological polar surface area (TPSA) is 51.8 Å². The number of nitrogens with zero attached hydrogens (tertiary/aromatic N) is 2. The lowest BCUT2D eigenvalue weighted by Gasteiger charge is -2.05. The minimum Gasteiger partial charge on any atom is -0.326 e. The fourth-order valence-electron chi connectivity index (χ4n) is 1.11. The van der Waals surface area contributed by atoms with Crippen molar-refractivity contribution in [3.8, 4) is 0 Å². The Bertz CT molecular complexity index is 445. The molecule has 2 N–H and O–H groups in total. The van der Waals surface area contributed by atoms with Crippen molar-refractivity contribution in [1.82, 2.24) is 10.2 Å². The summed E-state index contributed by atoms with van der Waals surface area (Å²) < 4.78 is 0.909. The molecule has 0 aliphatic rings. The van der Waals surface area contributed by atoms with Crippen LogP contribution < -0.4 is 5.73 Å². The van der Waals surface area contributed by atoms with Crippen molar-refractivity contribution in [2.75, 3.05) is 0 Å². The number of nitrogens with two attached hydrogens (primary N) is 1. The predicted octanol–water partition coefficient (Wildman–Crippen LogP) is 2.80. The fraction of sp³-hybridized carbons (Fsp3) is 0.111. The van der Waals surface area contributed by atoms with Crippen LogP contribution in [-0.2, 0) is 6.54 Å². The van der Waals surface area contributed by atoms with Crippen LogP contribution in [0.15, 0.2) is 32.9 Å². The molecule has 0 radical (unpaired) electrons. The van der Waals surface area contributed by atoms with Gasteiger partial charge < -0.3 is 5.73 Å². The highest BCUT2D eigenvalue weighted by molar-refractivity contribution is 8.01. The van der Waals surface area contributed by atoms with Gasteiger partial charge in [-0.2, -0.15) is 0 Å². The average molecular weight is 258 g/mol. The molecular weight excluding hydrogens is 250 g/mol. The van der Waals surface area contributed by atoms with E-state index in [0.29, 0.717) is 11.6 Å². The summed E-state index contributed by atoms with van der Waals surface area (Å²) in [5.74, 6) is 0. The Labute approximate surface area is 101 Å². The molecule has 1 heterocycles. The van der Waals surface area contributed by atoms with Crippen molar-refractivity contribution in [1.29, 1.82) is 0 Å². The van der Waals surface area contributed by atoms with Gasteiger partial charge in [-0.25, -0.2) is 0 Å². The maximum atomic E-state index is 5.89. The van der Waals surface area contributed by atoms with Gasteiger partial charge in [-0.05, 0) is 23.8 Å². The van der Waals surface area contributed by atoms with Gasteiger partial charge in [0.25, 0.3) is 0 Å². The molecule has 6 heteroatoms. The van der Waals surface area contributed by atoms with Gasteiger partial charge in [-0.3, -0.25) is 0 Å². The minimum absolute atomic E-state index is 0.474. The molecule has 0 fully saturated rings. The van der Waals surface area contributed by atoms with Crippen LogP contribution in [-0.4, -0.2) is 10.2 Å². The zero-order chi connectivity index (χ0) is 10.7. The Morgan fingerprint density at radius 1 is 1.47 bits per heavy atom. The molecular formula is C9H8ClN3S2. The SMILES string of the molecule is NCc1cc(Cl)ccc1Sc1nncs1. The largest absolute Gasteiger partial charge is 0.326 e. The smallest absolute Gasteiger partial charge is 0.178 e. The standard InChI is InChI=1S/C9H8ClN3S2/c10-7-1-2-8(6(3-7)4-11)15-9-13-12-5-14-9/h1-3,5H,4,11H2. The summed E-state index contributed by atoms with van der Waals surface area (Å²) in [6.45, 7) is 0.474. The van der Waals surface area contributed by atoms with Crippen molar-refractivity contribution < 1.29 is 0 Å². The van der Waals surface area contributed by atoms with Gasteiger partial charge in [0, 0.05) is 16.5 Å². The monoisotopic (exact) mass is 257 g/mol. The molecule has 0 amide bonds. The number of rotatable bonds is 3. The predicted molar refractivity (Wildman–Crippen MR) is 63.4 cm³/mol. The van der Waals surface area contributed by atoms with Crippen LogP contribution in [0.1, 0.15) is 5.56 Å². The van der Waals surface area contributed by atoms with Crippen molar-refractivity contribution in [3.63, 3.8) is 0 Å². The first-order valence-corrected chi connectivity index (χ1v) is 6.29. The third kappa shape index (κ3) is 2.69. The highest BCUT2D eigenvalue weighted by Crippen LogP contribution is 2.32. The Hall–Kier alpha value is -0.620. The second-order valence-electron chi connectivity index (χ2n) is 2.76. The lowest BCUT2D eigenvalue weighted by Crippen LogP contribution is -1.98. The van der Waals surface area contributed by atoms with Crippen LogP contribution in [0.4, 0.5) is 0 Å². The van der Waals surface area contributed by atoms with Gasteiger partial charge in [-0.1, -0.05) is 34.7 Å². The summed E-state index contributed by atoms with van der Waals surface area (Å²) in [5, 5.41) is 8.45. The van der Waals surface area contributed by atoms with Gasteiger partial charge in [0.2, 0.25) is 0 Å². The number of halogens is 1. The van der Waals surface area contributed by atoms with E-state index < -0.39 is 0 Å². The number of hydrogen-bond acceptors (Lipinski definition) is 5. The van der Waals surface area contributed by atoms with Gasteiger partial charge in [0.05, 0.1) is 0 Å². The molecule has 0 saturated heterocycles. The summed E-state index contributed by atoms with van der Waals surface area (Å²) in [7, 11) is 0. The summed E-state index contributed by atoms with van der Waals surface area (Å²) in [5.41, 5.74) is 8.38. The summed E-state index contributed by atoms with van der Waals surface area (Å²) in [6, 6.07) is 5.69. The van der Waals surface area contributed by atoms with E-state index in [-0.39, 0.29) is 0 Å². The molecule has 1 aromatic heterocycles. The molecule has 3 nitrogen and oxygen atoms in total. The van der Waals surface area contributed by atoms with Crippen molar-refractivity contribution in [2.45, 2.75) is 15.8 Å². The Balaban J connectivity index is 2.28. The first-order valence-electron chi connectivity index (χ1n) is 4.22. The highest BCUT2D eigenvalue weighted by atomic mass is 35.5. The lowest BCUT2D eigenvalue weighted by atomic mass is 10.2. The number of aromatic nitrogens is 2. The van der Waals surface area contributed by atoms with Crippen molar-refractivity contribution in [3.05, 3.63) is 34.3 Å². The van der Waals surface area contributed by atoms with E-state index in [2.05, 4.69) is 10.2 Å². The van der Waals surface area contributed by atoms with Crippen LogP contribution in [0, 0.1) is 0 Å². The summed E-state index contributed by atoms with van der Waals surface area (Å²) in [4.78, 5) is 1.08. The molecule has 15 heavy (non-hydrogen) atoms. The van der Waals surface area contributed by atoms with Crippen molar-refractivity contribution >= 4 is 34.7 Å². The van der Waals surface area contributed by atoms with E-state index in [1.165, 1.54) is 11.3 Å². The van der Waals surface area contributed by atoms with Crippen LogP contribution in [0.3, 0.4) is 0 Å². The summed E-state index contributed by atoms with van der Waals surface area (Å²) >= 11 is 8.96. The van der Waals surface area contributed by atoms with E-state index in [1.54, 1.807) is 17.3 Å². The van der Waals surface area contributed by atoms with Crippen LogP contribution in [0.5, 0.6) is 0 Å². The van der Waals surface area contributed by atoms with E-state index >= 15 is 0 Å². The number of benzene rings is 1. The quantitative estimate of drug-likeness (QED) is 0.919. The van der Waals surface area contributed by atoms with Crippen molar-refractivity contribution in [2.24, 2.45) is 5.73 Å². The molecule has 0 aliphatic heterocycles. The maximum absolute atomic E-state index is 5.89. The third-order valence-corrected chi connectivity index (χ3v) is 3.91. The average Bonchev–Trinajstić information content (AvgIpc) is 2.73. The Morgan fingerprint density at radius 2 is 2.33 bits per heavy atom. The third-order valence-electron chi connectivity index (χ3n) is 1.78. The first kappa shape index (κ1) is 10.9. The van der Waals surface area contributed by atoms with Gasteiger partial charge in [0.15, 0.2) is 4.34 Å². The van der Waals surface area contributed by atoms with Crippen LogP contribution >= 0.6 is 34.7 Å². The molecule has 0 unspecified atom stereocenters. The molecule has 2 aromatic rings. The van der Waals surface area contributed by atoms with E-state index in [0.717, 1.165) is 14.8 Å². The van der Waals surface area contributed by atoms with Crippen LogP contribution in [0.25, 0.3) is 0 Å². The van der Waals surface area contributed by atoms with Gasteiger partial charge in [0.1, 0.15) is 5.51 Å². The minimum atomic E-state index is 0.474. The highest BCUT2D eigenvalue weighted by Gasteiger charge is 2.06. The zero-order valence-corrected chi connectivity index (χ0v) is 10.1. The van der Waals surface area contributed by atoms with E-state index in [9.17, 15) is 0 Å². The first-order chi connectivity index (χ1) is 7.29. The maximum Gasteiger partial charge on any atom is 0.178 e. The molecule has 0 atom stereocenters.